The van der Waals surface area contributed by atoms with Crippen LogP contribution in [0.25, 0.3) is 0 Å². The van der Waals surface area contributed by atoms with E-state index in [0.29, 0.717) is 72.0 Å². The summed E-state index contributed by atoms with van der Waals surface area (Å²) in [4.78, 5) is 47.5. The number of amides is 2. The van der Waals surface area contributed by atoms with Crippen molar-refractivity contribution in [1.82, 2.24) is 20.1 Å². The average Bonchev–Trinajstić information content (AvgIpc) is 3.25. The van der Waals surface area contributed by atoms with Crippen LogP contribution in [0.3, 0.4) is 0 Å². The lowest BCUT2D eigenvalue weighted by atomic mass is 10.1. The summed E-state index contributed by atoms with van der Waals surface area (Å²) < 4.78 is 17.2. The van der Waals surface area contributed by atoms with Gasteiger partial charge in [0.2, 0.25) is 5.12 Å². The lowest BCUT2D eigenvalue weighted by molar-refractivity contribution is -0.117. The molecule has 0 unspecified atom stereocenters. The molecule has 0 aromatic rings. The van der Waals surface area contributed by atoms with Crippen LogP contribution in [0, 0.1) is 0 Å². The molecule has 2 rings (SSSR count). The summed E-state index contributed by atoms with van der Waals surface area (Å²) in [6.07, 6.45) is 0.900. The third-order valence-electron chi connectivity index (χ3n) is 4.52. The van der Waals surface area contributed by atoms with Crippen LogP contribution in [0.1, 0.15) is 6.42 Å². The number of rotatable bonds is 17. The van der Waals surface area contributed by atoms with Crippen LogP contribution in [-0.2, 0) is 28.7 Å². The van der Waals surface area contributed by atoms with E-state index in [2.05, 4.69) is 58.0 Å². The van der Waals surface area contributed by atoms with Crippen molar-refractivity contribution in [2.24, 2.45) is 0 Å². The fourth-order valence-corrected chi connectivity index (χ4v) is 6.23. The Morgan fingerprint density at radius 3 is 2.06 bits per heavy atom. The highest BCUT2D eigenvalue weighted by molar-refractivity contribution is 8.76. The first kappa shape index (κ1) is 30.6. The van der Waals surface area contributed by atoms with Crippen LogP contribution in [0.4, 0.5) is 0 Å². The van der Waals surface area contributed by atoms with Gasteiger partial charge in [-0.1, -0.05) is 22.7 Å². The quantitative estimate of drug-likeness (QED) is 0.0415. The first-order chi connectivity index (χ1) is 16.9. The van der Waals surface area contributed by atoms with E-state index in [1.807, 2.05) is 0 Å². The predicted octanol–water partition coefficient (Wildman–Crippen LogP) is 0.553. The molecule has 2 atom stereocenters. The van der Waals surface area contributed by atoms with Crippen molar-refractivity contribution in [1.29, 1.82) is 0 Å². The van der Waals surface area contributed by atoms with Gasteiger partial charge in [0.05, 0.1) is 23.2 Å². The van der Waals surface area contributed by atoms with Crippen molar-refractivity contribution in [2.45, 2.75) is 18.5 Å². The molecule has 196 valence electrons. The van der Waals surface area contributed by atoms with Crippen LogP contribution in [0.2, 0.25) is 0 Å². The van der Waals surface area contributed by atoms with Crippen LogP contribution in [0.15, 0.2) is 22.7 Å². The van der Waals surface area contributed by atoms with Gasteiger partial charge in [-0.15, -0.1) is 12.6 Å². The molecule has 1 fully saturated rings. The van der Waals surface area contributed by atoms with Crippen LogP contribution < -0.4 is 20.1 Å². The first-order valence-electron chi connectivity index (χ1n) is 10.5. The highest BCUT2D eigenvalue weighted by atomic mass is 33.1. The predicted molar refractivity (Wildman–Crippen MR) is 151 cm³/mol. The number of ether oxygens (including phenoxy) is 2. The van der Waals surface area contributed by atoms with Gasteiger partial charge < -0.3 is 24.9 Å². The summed E-state index contributed by atoms with van der Waals surface area (Å²) in [6, 6.07) is -0.803. The molecule has 0 radical (unpaired) electrons. The summed E-state index contributed by atoms with van der Waals surface area (Å²) in [5, 5.41) is 5.33. The van der Waals surface area contributed by atoms with Gasteiger partial charge >= 0.3 is 0 Å². The van der Waals surface area contributed by atoms with Gasteiger partial charge in [0, 0.05) is 42.5 Å². The van der Waals surface area contributed by atoms with E-state index in [1.165, 1.54) is 33.7 Å². The zero-order valence-corrected chi connectivity index (χ0v) is 23.7. The van der Waals surface area contributed by atoms with Gasteiger partial charge in [-0.3, -0.25) is 19.1 Å². The molecule has 10 nitrogen and oxygen atoms in total. The molecule has 4 N–H and O–H groups in total. The number of hydrogen-bond acceptors (Lipinski definition) is 13. The summed E-state index contributed by atoms with van der Waals surface area (Å²) in [7, 11) is 2.78. The SMILES string of the molecule is O=C[C@H](CS)NSSCCNC(=O)C1=C2OCCOC2=C(C(=O)NCCSN[C@@H](CS)C(=O)S)C1. The van der Waals surface area contributed by atoms with Crippen molar-refractivity contribution >= 4 is 94.8 Å². The molecule has 1 aliphatic heterocycles. The molecule has 0 aromatic heterocycles. The molecular formula is C19H28N4O6S6. The largest absolute Gasteiger partial charge is 0.486 e. The summed E-state index contributed by atoms with van der Waals surface area (Å²) in [5.74, 6) is 1.80. The highest BCUT2D eigenvalue weighted by Gasteiger charge is 2.36. The third-order valence-corrected chi connectivity index (χ3v) is 8.48. The number of fused-ring (bicyclic) bond motifs is 1. The summed E-state index contributed by atoms with van der Waals surface area (Å²) in [5.41, 5.74) is 0.707. The van der Waals surface area contributed by atoms with Gasteiger partial charge in [0.1, 0.15) is 19.5 Å². The molecule has 2 aliphatic rings. The number of aldehydes is 1. The zero-order chi connectivity index (χ0) is 25.6. The van der Waals surface area contributed by atoms with E-state index in [-0.39, 0.29) is 29.4 Å². The van der Waals surface area contributed by atoms with Crippen molar-refractivity contribution in [3.05, 3.63) is 22.7 Å². The van der Waals surface area contributed by atoms with E-state index in [1.54, 1.807) is 0 Å². The molecule has 1 heterocycles. The first-order valence-corrected chi connectivity index (χ1v) is 15.5. The number of hydrogen-bond donors (Lipinski definition) is 7. The number of carbonyl (C=O) groups excluding carboxylic acids is 4. The Hall–Kier alpha value is -0.620. The van der Waals surface area contributed by atoms with Crippen LogP contribution >= 0.6 is 71.6 Å². The highest BCUT2D eigenvalue weighted by Crippen LogP contribution is 2.36. The minimum atomic E-state index is -0.475. The van der Waals surface area contributed by atoms with Crippen molar-refractivity contribution in [2.75, 3.05) is 49.3 Å². The van der Waals surface area contributed by atoms with E-state index in [4.69, 9.17) is 9.47 Å². The second kappa shape index (κ2) is 17.0. The van der Waals surface area contributed by atoms with Crippen LogP contribution in [0.5, 0.6) is 0 Å². The van der Waals surface area contributed by atoms with Gasteiger partial charge in [-0.05, 0) is 11.0 Å². The smallest absolute Gasteiger partial charge is 0.251 e. The molecule has 0 bridgehead atoms. The Labute approximate surface area is 232 Å². The standard InChI is InChI=1S/C19H28N4O6S6/c24-8-11(9-30)22-35-34-6-2-21-18(26)13-7-12(15-16(13)29-4-3-28-15)17(25)20-1-5-33-23-14(10-31)19(27)32/h8,11,14,22-23,30-31H,1-7,9-10H2,(H,20,25)(H,21,26)(H,27,32)/t11-,14+/m1/s1. The van der Waals surface area contributed by atoms with E-state index in [0.717, 1.165) is 6.29 Å². The summed E-state index contributed by atoms with van der Waals surface area (Å²) in [6.45, 7) is 1.32. The van der Waals surface area contributed by atoms with Gasteiger partial charge in [-0.2, -0.15) is 25.3 Å². The normalized spacial score (nSPS) is 16.7. The monoisotopic (exact) mass is 600 g/mol. The van der Waals surface area contributed by atoms with E-state index in [9.17, 15) is 19.2 Å². The molecule has 1 saturated heterocycles. The van der Waals surface area contributed by atoms with Crippen molar-refractivity contribution in [3.63, 3.8) is 0 Å². The topological polar surface area (TPSA) is 135 Å². The van der Waals surface area contributed by atoms with Gasteiger partial charge in [0.25, 0.3) is 11.8 Å². The maximum Gasteiger partial charge on any atom is 0.251 e. The Kier molecular flexibility index (Phi) is 14.9. The maximum atomic E-state index is 12.8. The zero-order valence-electron chi connectivity index (χ0n) is 18.6. The fraction of sp³-hybridized carbons (Fsp3) is 0.579. The fourth-order valence-electron chi connectivity index (χ4n) is 2.78. The van der Waals surface area contributed by atoms with Gasteiger partial charge in [-0.25, -0.2) is 4.72 Å². The Morgan fingerprint density at radius 1 is 0.943 bits per heavy atom. The minimum Gasteiger partial charge on any atom is -0.486 e. The Bertz CT molecular complexity index is 843. The van der Waals surface area contributed by atoms with Crippen molar-refractivity contribution in [3.8, 4) is 0 Å². The molecule has 35 heavy (non-hydrogen) atoms. The molecule has 1 aliphatic carbocycles. The van der Waals surface area contributed by atoms with Crippen LogP contribution in [-0.4, -0.2) is 84.6 Å². The molecule has 2 amide bonds. The molecule has 0 aromatic carbocycles. The lowest BCUT2D eigenvalue weighted by Gasteiger charge is -2.20. The lowest BCUT2D eigenvalue weighted by Crippen LogP contribution is -2.33. The Balaban J connectivity index is 1.78. The average molecular weight is 601 g/mol. The third kappa shape index (κ3) is 9.98. The number of nitrogens with one attached hydrogen (secondary N) is 4. The minimum absolute atomic E-state index is 0.107. The van der Waals surface area contributed by atoms with Crippen molar-refractivity contribution < 1.29 is 28.7 Å². The second-order valence-corrected chi connectivity index (χ2v) is 11.3. The molecule has 0 spiro atoms. The number of thiol groups is 3. The van der Waals surface area contributed by atoms with E-state index >= 15 is 0 Å². The molecule has 16 heteroatoms. The number of carbonyl (C=O) groups is 4. The molecular weight excluding hydrogens is 573 g/mol. The van der Waals surface area contributed by atoms with E-state index < -0.39 is 6.04 Å². The van der Waals surface area contributed by atoms with Gasteiger partial charge in [0.15, 0.2) is 11.5 Å². The second-order valence-electron chi connectivity index (χ2n) is 6.99. The summed E-state index contributed by atoms with van der Waals surface area (Å²) >= 11 is 13.2. The maximum absolute atomic E-state index is 12.8. The Morgan fingerprint density at radius 2 is 1.54 bits per heavy atom. The molecule has 0 saturated carbocycles.